The molecule has 24 nitrogen and oxygen atoms in total. The van der Waals surface area contributed by atoms with Crippen LogP contribution in [0, 0.1) is 11.3 Å². The molecule has 71 heavy (non-hydrogen) atoms. The van der Waals surface area contributed by atoms with Crippen molar-refractivity contribution < 1.29 is 80.5 Å². The molecule has 6 N–H and O–H groups in total. The predicted molar refractivity (Wildman–Crippen MR) is 256 cm³/mol. The first-order valence-electron chi connectivity index (χ1n) is 24.4. The Balaban J connectivity index is 1.25. The molecule has 1 fully saturated rings. The van der Waals surface area contributed by atoms with E-state index in [0.717, 1.165) is 54.2 Å². The number of hydrogen-bond acceptors (Lipinski definition) is 22. The van der Waals surface area contributed by atoms with E-state index in [1.54, 1.807) is 0 Å². The van der Waals surface area contributed by atoms with Crippen LogP contribution in [0.3, 0.4) is 0 Å². The van der Waals surface area contributed by atoms with Gasteiger partial charge in [0.15, 0.2) is 22.8 Å². The molecule has 0 saturated carbocycles. The number of unbranched alkanes of at least 4 members (excludes halogenated alkanes) is 15. The van der Waals surface area contributed by atoms with Crippen molar-refractivity contribution in [2.24, 2.45) is 11.3 Å². The van der Waals surface area contributed by atoms with Gasteiger partial charge in [-0.2, -0.15) is 0 Å². The Bertz CT molecular complexity index is 2080. The summed E-state index contributed by atoms with van der Waals surface area (Å²) in [6.07, 6.45) is 14.5. The van der Waals surface area contributed by atoms with Crippen molar-refractivity contribution >= 4 is 69.1 Å². The highest BCUT2D eigenvalue weighted by Gasteiger charge is 2.47. The number of hydrogen-bond donors (Lipinski definition) is 5. The Morgan fingerprint density at radius 1 is 0.831 bits per heavy atom. The van der Waals surface area contributed by atoms with E-state index in [2.05, 4.69) is 57.3 Å². The minimum atomic E-state index is -5.92. The molecule has 2 unspecified atom stereocenters. The van der Waals surface area contributed by atoms with Crippen molar-refractivity contribution in [3.05, 3.63) is 12.7 Å². The third-order valence-electron chi connectivity index (χ3n) is 11.7. The number of phosphoric ester groups is 3. The standard InChI is InChI=1S/C43H78N7O17P3S/c1-31(2)21-19-17-15-13-11-9-7-5-6-8-10-12-14-16-18-20-22-34(52)71-26-25-45-33(51)23-24-46-41(55)38(54)43(3,4)28-64-70(61,62)67-69(59,60)63-27-32-37(66-68(56,57)58)36(53)42(65-32)50-30-49-35-39(44)47-29-48-40(35)50/h29-32,36-38,42,53-54H,5-28H2,1-4H3,(H,45,51)(H,46,55)(H,59,60)(H,61,62)(H2,44,47,48)(H2,56,57,58)/p-4/t32-,36-,37-,38+,42-/m1/s1. The van der Waals surface area contributed by atoms with Gasteiger partial charge in [0.2, 0.25) is 11.8 Å². The van der Waals surface area contributed by atoms with Crippen molar-refractivity contribution in [3.8, 4) is 0 Å². The lowest BCUT2D eigenvalue weighted by Gasteiger charge is -2.36. The molecular weight excluding hydrogens is 1010 g/mol. The van der Waals surface area contributed by atoms with Gasteiger partial charge in [-0.1, -0.05) is 142 Å². The van der Waals surface area contributed by atoms with Crippen LogP contribution in [0.1, 0.15) is 156 Å². The summed E-state index contributed by atoms with van der Waals surface area (Å²) in [5.74, 6) is -0.305. The molecule has 3 heterocycles. The Morgan fingerprint density at radius 3 is 1.97 bits per heavy atom. The van der Waals surface area contributed by atoms with E-state index in [9.17, 15) is 57.9 Å². The number of amides is 2. The fourth-order valence-electron chi connectivity index (χ4n) is 7.64. The molecule has 2 aromatic rings. The van der Waals surface area contributed by atoms with Crippen LogP contribution in [0.2, 0.25) is 0 Å². The number of nitrogens with one attached hydrogen (secondary N) is 2. The average Bonchev–Trinajstić information content (AvgIpc) is 3.85. The number of ether oxygens (including phenoxy) is 1. The quantitative estimate of drug-likeness (QED) is 0.0471. The van der Waals surface area contributed by atoms with E-state index in [-0.39, 0.29) is 41.6 Å². The molecule has 1 saturated heterocycles. The zero-order valence-electron chi connectivity index (χ0n) is 41.2. The maximum Gasteiger partial charge on any atom is 0.274 e. The summed E-state index contributed by atoms with van der Waals surface area (Å²) in [4.78, 5) is 97.0. The second kappa shape index (κ2) is 31.4. The van der Waals surface area contributed by atoms with Crippen LogP contribution in [-0.4, -0.2) is 103 Å². The van der Waals surface area contributed by atoms with Crippen LogP contribution in [0.4, 0.5) is 5.82 Å². The maximum atomic E-state index is 12.7. The minimum Gasteiger partial charge on any atom is -0.790 e. The number of anilines is 1. The maximum absolute atomic E-state index is 12.7. The molecule has 7 atom stereocenters. The van der Waals surface area contributed by atoms with Crippen LogP contribution in [0.25, 0.3) is 11.2 Å². The zero-order valence-corrected chi connectivity index (χ0v) is 44.7. The number of imidazole rings is 1. The molecule has 2 amide bonds. The zero-order chi connectivity index (χ0) is 52.7. The number of aromatic nitrogens is 4. The van der Waals surface area contributed by atoms with Crippen LogP contribution < -0.4 is 35.9 Å². The number of aliphatic hydroxyl groups excluding tert-OH is 2. The number of thioether (sulfide) groups is 1. The van der Waals surface area contributed by atoms with Crippen molar-refractivity contribution in [3.63, 3.8) is 0 Å². The van der Waals surface area contributed by atoms with Gasteiger partial charge in [0.1, 0.15) is 36.3 Å². The predicted octanol–water partition coefficient (Wildman–Crippen LogP) is 3.81. The van der Waals surface area contributed by atoms with Crippen molar-refractivity contribution in [2.75, 3.05) is 37.8 Å². The molecule has 28 heteroatoms. The van der Waals surface area contributed by atoms with Crippen molar-refractivity contribution in [1.29, 1.82) is 0 Å². The number of phosphoric acid groups is 3. The highest BCUT2D eigenvalue weighted by atomic mass is 32.2. The Kier molecular flexibility index (Phi) is 27.8. The van der Waals surface area contributed by atoms with Crippen LogP contribution >= 0.6 is 35.2 Å². The molecule has 0 aromatic carbocycles. The molecule has 408 valence electrons. The van der Waals surface area contributed by atoms with Gasteiger partial charge in [-0.15, -0.1) is 0 Å². The molecule has 0 bridgehead atoms. The van der Waals surface area contributed by atoms with Gasteiger partial charge >= 0.3 is 0 Å². The van der Waals surface area contributed by atoms with E-state index in [1.807, 2.05) is 0 Å². The second-order valence-electron chi connectivity index (χ2n) is 18.8. The number of nitrogen functional groups attached to an aromatic ring is 1. The van der Waals surface area contributed by atoms with Gasteiger partial charge in [-0.05, 0) is 12.3 Å². The van der Waals surface area contributed by atoms with Gasteiger partial charge in [0, 0.05) is 37.1 Å². The highest BCUT2D eigenvalue weighted by Crippen LogP contribution is 2.56. The second-order valence-corrected chi connectivity index (χ2v) is 24.0. The Morgan fingerprint density at radius 2 is 1.39 bits per heavy atom. The molecule has 3 rings (SSSR count). The lowest BCUT2D eigenvalue weighted by Crippen LogP contribution is -2.46. The molecule has 1 aliphatic heterocycles. The fourth-order valence-corrected chi connectivity index (χ4v) is 11.1. The number of fused-ring (bicyclic) bond motifs is 1. The molecule has 2 aromatic heterocycles. The largest absolute Gasteiger partial charge is 0.790 e. The first kappa shape index (κ1) is 62.9. The van der Waals surface area contributed by atoms with E-state index < -0.39 is 84.6 Å². The SMILES string of the molecule is CC(C)CCCCCCCCCCCCCCCCCCC(=O)SCCNC(=O)CCNC(=O)[C@H](O)C(C)(C)COP(=O)([O-])OP(=O)([O-])OC[C@H]1O[C@@H](n2cnc3c(N)ncnc32)[C@H](O)[C@@H]1OP(=O)([O-])[O-]. The highest BCUT2D eigenvalue weighted by molar-refractivity contribution is 8.13. The topological polar surface area (TPSA) is 375 Å². The average molecular weight is 1090 g/mol. The van der Waals surface area contributed by atoms with Crippen molar-refractivity contribution in [2.45, 2.75) is 180 Å². The van der Waals surface area contributed by atoms with Crippen LogP contribution in [0.5, 0.6) is 0 Å². The normalized spacial score (nSPS) is 19.7. The number of rotatable bonds is 38. The lowest BCUT2D eigenvalue weighted by atomic mass is 9.87. The molecule has 1 aliphatic rings. The summed E-state index contributed by atoms with van der Waals surface area (Å²) < 4.78 is 60.9. The van der Waals surface area contributed by atoms with Gasteiger partial charge in [0.05, 0.1) is 27.4 Å². The van der Waals surface area contributed by atoms with Gasteiger partial charge in [0.25, 0.3) is 15.6 Å². The van der Waals surface area contributed by atoms with Crippen molar-refractivity contribution in [1.82, 2.24) is 30.2 Å². The monoisotopic (exact) mass is 1090 g/mol. The number of carbonyl (C=O) groups is 3. The first-order valence-corrected chi connectivity index (χ1v) is 29.8. The minimum absolute atomic E-state index is 0.0176. The van der Waals surface area contributed by atoms with E-state index >= 15 is 0 Å². The van der Waals surface area contributed by atoms with E-state index in [1.165, 1.54) is 104 Å². The summed E-state index contributed by atoms with van der Waals surface area (Å²) in [7, 11) is -17.6. The number of nitrogens with zero attached hydrogens (tertiary/aromatic N) is 4. The van der Waals surface area contributed by atoms with Gasteiger partial charge in [-0.25, -0.2) is 19.3 Å². The summed E-state index contributed by atoms with van der Waals surface area (Å²) in [5.41, 5.74) is 4.10. The number of nitrogens with two attached hydrogens (primary N) is 1. The van der Waals surface area contributed by atoms with Gasteiger partial charge < -0.3 is 69.0 Å². The third kappa shape index (κ3) is 24.6. The Labute approximate surface area is 420 Å². The Hall–Kier alpha value is -2.44. The van der Waals surface area contributed by atoms with Gasteiger partial charge in [-0.3, -0.25) is 28.1 Å². The first-order chi connectivity index (χ1) is 33.4. The van der Waals surface area contributed by atoms with E-state index in [4.69, 9.17) is 10.5 Å². The number of aliphatic hydroxyl groups is 2. The van der Waals surface area contributed by atoms with Crippen LogP contribution in [-0.2, 0) is 50.7 Å². The summed E-state index contributed by atoms with van der Waals surface area (Å²) in [6.45, 7) is 4.77. The fraction of sp³-hybridized carbons (Fsp3) is 0.814. The molecule has 0 spiro atoms. The van der Waals surface area contributed by atoms with E-state index in [0.29, 0.717) is 12.2 Å². The van der Waals surface area contributed by atoms with Crippen LogP contribution in [0.15, 0.2) is 12.7 Å². The molecular formula is C43H74N7O17P3S-4. The smallest absolute Gasteiger partial charge is 0.274 e. The summed E-state index contributed by atoms with van der Waals surface area (Å²) in [5, 5.41) is 26.5. The number of carbonyl (C=O) groups excluding carboxylic acids is 3. The molecule has 0 radical (unpaired) electrons. The third-order valence-corrected chi connectivity index (χ3v) is 15.6. The summed E-state index contributed by atoms with van der Waals surface area (Å²) in [6, 6.07) is 0. The summed E-state index contributed by atoms with van der Waals surface area (Å²) >= 11 is 1.15. The molecule has 0 aliphatic carbocycles. The lowest BCUT2D eigenvalue weighted by molar-refractivity contribution is -0.347.